The van der Waals surface area contributed by atoms with E-state index in [2.05, 4.69) is 14.6 Å². The Hall–Kier alpha value is -2.77. The highest BCUT2D eigenvalue weighted by Gasteiger charge is 2.52. The van der Waals surface area contributed by atoms with Crippen LogP contribution in [0.15, 0.2) is 42.6 Å². The average Bonchev–Trinajstić information content (AvgIpc) is 2.51. The Labute approximate surface area is 154 Å². The molecule has 2 aliphatic heterocycles. The largest absolute Gasteiger partial charge is 0.573 e. The van der Waals surface area contributed by atoms with Crippen LogP contribution in [0.3, 0.4) is 0 Å². The second-order valence-corrected chi connectivity index (χ2v) is 7.20. The Morgan fingerprint density at radius 3 is 2.37 bits per heavy atom. The minimum Gasteiger partial charge on any atom is -0.406 e. The van der Waals surface area contributed by atoms with E-state index in [1.807, 2.05) is 17.0 Å². The van der Waals surface area contributed by atoms with Crippen molar-refractivity contribution in [1.29, 1.82) is 0 Å². The lowest BCUT2D eigenvalue weighted by Gasteiger charge is -2.60. The van der Waals surface area contributed by atoms with Gasteiger partial charge in [0.1, 0.15) is 5.75 Å². The summed E-state index contributed by atoms with van der Waals surface area (Å²) in [5.74, 6) is -0.143. The Morgan fingerprint density at radius 2 is 1.78 bits per heavy atom. The summed E-state index contributed by atoms with van der Waals surface area (Å²) in [4.78, 5) is 19.7. The number of amides is 1. The summed E-state index contributed by atoms with van der Waals surface area (Å²) in [5, 5.41) is 0. The summed E-state index contributed by atoms with van der Waals surface area (Å²) in [6.45, 7) is 4.97. The first-order chi connectivity index (χ1) is 12.7. The van der Waals surface area contributed by atoms with Gasteiger partial charge in [-0.1, -0.05) is 0 Å². The summed E-state index contributed by atoms with van der Waals surface area (Å²) in [6, 6.07) is 9.51. The summed E-state index contributed by atoms with van der Waals surface area (Å²) < 4.78 is 40.7. The molecule has 5 nitrogen and oxygen atoms in total. The Balaban J connectivity index is 1.42. The number of rotatable bonds is 3. The highest BCUT2D eigenvalue weighted by Crippen LogP contribution is 2.42. The minimum atomic E-state index is -4.70. The van der Waals surface area contributed by atoms with Gasteiger partial charge in [0.05, 0.1) is 5.69 Å². The molecule has 0 saturated carbocycles. The number of anilines is 1. The molecule has 2 saturated heterocycles. The molecule has 3 heterocycles. The molecular weight excluding hydrogens is 359 g/mol. The molecule has 27 heavy (non-hydrogen) atoms. The summed E-state index contributed by atoms with van der Waals surface area (Å²) in [7, 11) is 0. The number of carbonyl (C=O) groups is 1. The van der Waals surface area contributed by atoms with Crippen LogP contribution in [0.5, 0.6) is 5.75 Å². The maximum atomic E-state index is 12.3. The fourth-order valence-corrected chi connectivity index (χ4v) is 3.73. The first kappa shape index (κ1) is 17.6. The van der Waals surface area contributed by atoms with Crippen molar-refractivity contribution in [3.8, 4) is 17.0 Å². The van der Waals surface area contributed by atoms with Gasteiger partial charge >= 0.3 is 6.36 Å². The summed E-state index contributed by atoms with van der Waals surface area (Å²) >= 11 is 0. The van der Waals surface area contributed by atoms with Crippen molar-refractivity contribution >= 4 is 11.6 Å². The van der Waals surface area contributed by atoms with Crippen LogP contribution in [0.4, 0.5) is 18.9 Å². The molecule has 1 spiro atoms. The van der Waals surface area contributed by atoms with Crippen molar-refractivity contribution in [2.24, 2.45) is 5.41 Å². The number of benzene rings is 1. The normalized spacial score (nSPS) is 18.1. The van der Waals surface area contributed by atoms with Gasteiger partial charge in [0.25, 0.3) is 0 Å². The van der Waals surface area contributed by atoms with Gasteiger partial charge in [0, 0.05) is 56.0 Å². The lowest BCUT2D eigenvalue weighted by molar-refractivity contribution is -0.274. The van der Waals surface area contributed by atoms with Crippen LogP contribution >= 0.6 is 0 Å². The third kappa shape index (κ3) is 3.56. The van der Waals surface area contributed by atoms with Crippen molar-refractivity contribution < 1.29 is 22.7 Å². The van der Waals surface area contributed by atoms with E-state index in [0.717, 1.165) is 31.9 Å². The number of likely N-dealkylation sites (tertiary alicyclic amines) is 1. The zero-order chi connectivity index (χ0) is 19.2. The van der Waals surface area contributed by atoms with E-state index in [9.17, 15) is 18.0 Å². The molecule has 0 unspecified atom stereocenters. The van der Waals surface area contributed by atoms with E-state index in [1.54, 1.807) is 25.3 Å². The van der Waals surface area contributed by atoms with E-state index in [1.165, 1.54) is 12.1 Å². The topological polar surface area (TPSA) is 45.7 Å². The number of hydrogen-bond acceptors (Lipinski definition) is 4. The van der Waals surface area contributed by atoms with Gasteiger partial charge in [0.2, 0.25) is 5.91 Å². The molecule has 0 radical (unpaired) electrons. The standard InChI is InChI=1S/C19H18F3N3O2/c1-13(26)24-9-18(10-24)11-25(12-18)15-6-7-23-17(8-15)14-2-4-16(5-3-14)27-19(20,21)22/h2-8H,9-12H2,1H3. The molecule has 0 bridgehead atoms. The number of ether oxygens (including phenoxy) is 1. The van der Waals surface area contributed by atoms with E-state index in [4.69, 9.17) is 0 Å². The molecule has 2 aliphatic rings. The third-order valence-corrected chi connectivity index (χ3v) is 5.04. The molecule has 0 N–H and O–H groups in total. The number of hydrogen-bond donors (Lipinski definition) is 0. The van der Waals surface area contributed by atoms with Crippen LogP contribution < -0.4 is 9.64 Å². The molecule has 2 fully saturated rings. The Morgan fingerprint density at radius 1 is 1.11 bits per heavy atom. The summed E-state index contributed by atoms with van der Waals surface area (Å²) in [6.07, 6.45) is -3.01. The molecule has 2 aromatic rings. The second kappa shape index (κ2) is 6.14. The van der Waals surface area contributed by atoms with Crippen LogP contribution in [-0.2, 0) is 4.79 Å². The van der Waals surface area contributed by atoms with E-state index in [0.29, 0.717) is 11.3 Å². The van der Waals surface area contributed by atoms with Gasteiger partial charge in [-0.15, -0.1) is 13.2 Å². The Bertz CT molecular complexity index is 853. The predicted octanol–water partition coefficient (Wildman–Crippen LogP) is 3.32. The molecule has 8 heteroatoms. The number of alkyl halides is 3. The number of halogens is 3. The van der Waals surface area contributed by atoms with Crippen LogP contribution in [0.25, 0.3) is 11.3 Å². The molecule has 4 rings (SSSR count). The van der Waals surface area contributed by atoms with Crippen molar-refractivity contribution in [2.45, 2.75) is 13.3 Å². The monoisotopic (exact) mass is 377 g/mol. The summed E-state index contributed by atoms with van der Waals surface area (Å²) in [5.41, 5.74) is 2.62. The van der Waals surface area contributed by atoms with Crippen LogP contribution in [0, 0.1) is 5.41 Å². The van der Waals surface area contributed by atoms with Crippen LogP contribution in [0.2, 0.25) is 0 Å². The SMILES string of the molecule is CC(=O)N1CC2(C1)CN(c1ccnc(-c3ccc(OC(F)(F)F)cc3)c1)C2. The number of aromatic nitrogens is 1. The molecular formula is C19H18F3N3O2. The maximum Gasteiger partial charge on any atom is 0.573 e. The first-order valence-electron chi connectivity index (χ1n) is 8.56. The van der Waals surface area contributed by atoms with Gasteiger partial charge in [-0.2, -0.15) is 0 Å². The molecule has 1 aromatic carbocycles. The van der Waals surface area contributed by atoms with Crippen LogP contribution in [0.1, 0.15) is 6.92 Å². The molecule has 1 amide bonds. The van der Waals surface area contributed by atoms with E-state index < -0.39 is 6.36 Å². The third-order valence-electron chi connectivity index (χ3n) is 5.04. The van der Waals surface area contributed by atoms with Gasteiger partial charge in [0.15, 0.2) is 0 Å². The van der Waals surface area contributed by atoms with Gasteiger partial charge in [-0.3, -0.25) is 9.78 Å². The van der Waals surface area contributed by atoms with Crippen molar-refractivity contribution in [3.05, 3.63) is 42.6 Å². The van der Waals surface area contributed by atoms with E-state index >= 15 is 0 Å². The molecule has 0 atom stereocenters. The maximum absolute atomic E-state index is 12.3. The van der Waals surface area contributed by atoms with Gasteiger partial charge in [-0.05, 0) is 36.4 Å². The average molecular weight is 377 g/mol. The van der Waals surface area contributed by atoms with Crippen molar-refractivity contribution in [1.82, 2.24) is 9.88 Å². The quantitative estimate of drug-likeness (QED) is 0.823. The lowest BCUT2D eigenvalue weighted by Crippen LogP contribution is -2.72. The fourth-order valence-electron chi connectivity index (χ4n) is 3.73. The molecule has 142 valence electrons. The van der Waals surface area contributed by atoms with Gasteiger partial charge < -0.3 is 14.5 Å². The predicted molar refractivity (Wildman–Crippen MR) is 93.3 cm³/mol. The second-order valence-electron chi connectivity index (χ2n) is 7.20. The van der Waals surface area contributed by atoms with Crippen molar-refractivity contribution in [3.63, 3.8) is 0 Å². The number of carbonyl (C=O) groups excluding carboxylic acids is 1. The van der Waals surface area contributed by atoms with Crippen molar-refractivity contribution in [2.75, 3.05) is 31.1 Å². The van der Waals surface area contributed by atoms with Crippen LogP contribution in [-0.4, -0.2) is 48.3 Å². The lowest BCUT2D eigenvalue weighted by atomic mass is 9.72. The van der Waals surface area contributed by atoms with E-state index in [-0.39, 0.29) is 17.1 Å². The first-order valence-corrected chi connectivity index (χ1v) is 8.56. The highest BCUT2D eigenvalue weighted by molar-refractivity contribution is 5.75. The molecule has 0 aliphatic carbocycles. The number of pyridine rings is 1. The highest BCUT2D eigenvalue weighted by atomic mass is 19.4. The Kier molecular flexibility index (Phi) is 4.01. The van der Waals surface area contributed by atoms with Gasteiger partial charge in [-0.25, -0.2) is 0 Å². The molecule has 1 aromatic heterocycles. The minimum absolute atomic E-state index is 0.114. The zero-order valence-electron chi connectivity index (χ0n) is 14.7. The smallest absolute Gasteiger partial charge is 0.406 e. The number of nitrogens with zero attached hydrogens (tertiary/aromatic N) is 3. The zero-order valence-corrected chi connectivity index (χ0v) is 14.7. The fraction of sp³-hybridized carbons (Fsp3) is 0.368.